The third kappa shape index (κ3) is 6.55. The van der Waals surface area contributed by atoms with Gasteiger partial charge in [0.2, 0.25) is 5.89 Å². The van der Waals surface area contributed by atoms with Crippen LogP contribution < -0.4 is 10.2 Å². The van der Waals surface area contributed by atoms with Crippen molar-refractivity contribution in [3.63, 3.8) is 0 Å². The zero-order valence-electron chi connectivity index (χ0n) is 18.0. The highest BCUT2D eigenvalue weighted by molar-refractivity contribution is 14.0. The van der Waals surface area contributed by atoms with E-state index in [0.717, 1.165) is 57.3 Å². The number of nitrogens with zero attached hydrogens (tertiary/aromatic N) is 5. The van der Waals surface area contributed by atoms with Crippen molar-refractivity contribution in [1.82, 2.24) is 20.4 Å². The molecule has 1 aliphatic heterocycles. The van der Waals surface area contributed by atoms with Gasteiger partial charge in [-0.3, -0.25) is 4.99 Å². The number of benzene rings is 1. The average Bonchev–Trinajstić information content (AvgIpc) is 3.20. The second-order valence-corrected chi connectivity index (χ2v) is 7.47. The van der Waals surface area contributed by atoms with E-state index in [4.69, 9.17) is 9.52 Å². The monoisotopic (exact) mass is 530 g/mol. The standard InChI is InChI=1S/C21H31FN6O.HI/c1-4-23-21(24-11-7-10-19-25-20(16(2)3)26-29-19)28-14-12-27(13-15-28)18-9-6-5-8-17(18)22;/h5-6,8-9,16H,4,7,10-15H2,1-3H3,(H,23,24);1H. The summed E-state index contributed by atoms with van der Waals surface area (Å²) in [7, 11) is 0. The zero-order valence-corrected chi connectivity index (χ0v) is 20.3. The van der Waals surface area contributed by atoms with Gasteiger partial charge in [-0.2, -0.15) is 4.98 Å². The SMILES string of the molecule is CCNC(=NCCCc1nc(C(C)C)no1)N1CCN(c2ccccc2F)CC1.I. The topological polar surface area (TPSA) is 69.8 Å². The van der Waals surface area contributed by atoms with E-state index >= 15 is 0 Å². The van der Waals surface area contributed by atoms with Gasteiger partial charge < -0.3 is 19.6 Å². The van der Waals surface area contributed by atoms with Crippen LogP contribution >= 0.6 is 24.0 Å². The fraction of sp³-hybridized carbons (Fsp3) is 0.571. The quantitative estimate of drug-likeness (QED) is 0.255. The Balaban J connectivity index is 0.00000320. The number of anilines is 1. The number of hydrogen-bond donors (Lipinski definition) is 1. The summed E-state index contributed by atoms with van der Waals surface area (Å²) in [5, 5.41) is 7.36. The van der Waals surface area contributed by atoms with Gasteiger partial charge >= 0.3 is 0 Å². The lowest BCUT2D eigenvalue weighted by Gasteiger charge is -2.37. The van der Waals surface area contributed by atoms with Crippen molar-refractivity contribution < 1.29 is 8.91 Å². The third-order valence-electron chi connectivity index (χ3n) is 4.92. The molecule has 7 nitrogen and oxygen atoms in total. The highest BCUT2D eigenvalue weighted by Crippen LogP contribution is 2.20. The maximum absolute atomic E-state index is 14.0. The maximum atomic E-state index is 14.0. The van der Waals surface area contributed by atoms with E-state index in [1.807, 2.05) is 26.0 Å². The molecule has 1 aromatic carbocycles. The lowest BCUT2D eigenvalue weighted by molar-refractivity contribution is 0.366. The fourth-order valence-electron chi connectivity index (χ4n) is 3.31. The van der Waals surface area contributed by atoms with Crippen LogP contribution in [0.5, 0.6) is 0 Å². The molecule has 0 aliphatic carbocycles. The van der Waals surface area contributed by atoms with Crippen LogP contribution in [0.15, 0.2) is 33.8 Å². The Morgan fingerprint density at radius 2 is 1.97 bits per heavy atom. The average molecular weight is 530 g/mol. The van der Waals surface area contributed by atoms with Crippen molar-refractivity contribution in [3.8, 4) is 0 Å². The number of aliphatic imine (C=N–C) groups is 1. The number of para-hydroxylation sites is 1. The number of hydrogen-bond acceptors (Lipinski definition) is 5. The van der Waals surface area contributed by atoms with Crippen LogP contribution in [0.1, 0.15) is 44.8 Å². The first-order chi connectivity index (χ1) is 14.1. The molecule has 1 aromatic heterocycles. The van der Waals surface area contributed by atoms with Crippen LogP contribution in [-0.2, 0) is 6.42 Å². The van der Waals surface area contributed by atoms with Gasteiger partial charge in [-0.1, -0.05) is 31.1 Å². The molecule has 0 atom stereocenters. The van der Waals surface area contributed by atoms with Gasteiger partial charge in [0, 0.05) is 51.6 Å². The Bertz CT molecular complexity index is 804. The second-order valence-electron chi connectivity index (χ2n) is 7.47. The summed E-state index contributed by atoms with van der Waals surface area (Å²) in [5.74, 6) is 2.45. The van der Waals surface area contributed by atoms with Crippen LogP contribution in [0, 0.1) is 5.82 Å². The van der Waals surface area contributed by atoms with E-state index in [2.05, 4.69) is 32.2 Å². The van der Waals surface area contributed by atoms with Gasteiger partial charge in [0.15, 0.2) is 11.8 Å². The first-order valence-electron chi connectivity index (χ1n) is 10.4. The Morgan fingerprint density at radius 3 is 2.60 bits per heavy atom. The molecule has 0 spiro atoms. The zero-order chi connectivity index (χ0) is 20.6. The van der Waals surface area contributed by atoms with Gasteiger partial charge in [0.25, 0.3) is 0 Å². The number of guanidine groups is 1. The van der Waals surface area contributed by atoms with Gasteiger partial charge in [-0.15, -0.1) is 24.0 Å². The molecular weight excluding hydrogens is 498 g/mol. The van der Waals surface area contributed by atoms with E-state index in [9.17, 15) is 4.39 Å². The maximum Gasteiger partial charge on any atom is 0.226 e. The van der Waals surface area contributed by atoms with Crippen molar-refractivity contribution in [1.29, 1.82) is 0 Å². The first kappa shape index (κ1) is 24.4. The Morgan fingerprint density at radius 1 is 1.23 bits per heavy atom. The molecule has 0 amide bonds. The molecule has 0 bridgehead atoms. The highest BCUT2D eigenvalue weighted by atomic mass is 127. The first-order valence-corrected chi connectivity index (χ1v) is 10.4. The number of rotatable bonds is 7. The lowest BCUT2D eigenvalue weighted by atomic mass is 10.2. The van der Waals surface area contributed by atoms with Crippen molar-refractivity contribution in [2.75, 3.05) is 44.2 Å². The molecule has 1 fully saturated rings. The molecule has 3 rings (SSSR count). The second kappa shape index (κ2) is 12.1. The molecule has 1 aliphatic rings. The number of nitrogens with one attached hydrogen (secondary N) is 1. The molecule has 2 aromatic rings. The third-order valence-corrected chi connectivity index (χ3v) is 4.92. The molecule has 30 heavy (non-hydrogen) atoms. The molecule has 0 radical (unpaired) electrons. The number of aryl methyl sites for hydroxylation is 1. The van der Waals surface area contributed by atoms with Crippen molar-refractivity contribution in [2.45, 2.75) is 39.5 Å². The minimum atomic E-state index is -0.164. The van der Waals surface area contributed by atoms with Gasteiger partial charge in [-0.05, 0) is 25.5 Å². The Hall–Kier alpha value is -1.91. The van der Waals surface area contributed by atoms with Gasteiger partial charge in [0.1, 0.15) is 5.82 Å². The number of piperazine rings is 1. The summed E-state index contributed by atoms with van der Waals surface area (Å²) >= 11 is 0. The van der Waals surface area contributed by atoms with Crippen molar-refractivity contribution in [2.24, 2.45) is 4.99 Å². The summed E-state index contributed by atoms with van der Waals surface area (Å²) in [6.07, 6.45) is 1.58. The lowest BCUT2D eigenvalue weighted by Crippen LogP contribution is -2.52. The van der Waals surface area contributed by atoms with E-state index in [1.165, 1.54) is 6.07 Å². The van der Waals surface area contributed by atoms with Crippen LogP contribution in [-0.4, -0.2) is 60.3 Å². The number of halogens is 2. The summed E-state index contributed by atoms with van der Waals surface area (Å²) in [6, 6.07) is 6.96. The van der Waals surface area contributed by atoms with Gasteiger partial charge in [-0.25, -0.2) is 4.39 Å². The molecule has 1 N–H and O–H groups in total. The summed E-state index contributed by atoms with van der Waals surface area (Å²) in [6.45, 7) is 10.8. The minimum absolute atomic E-state index is 0. The Labute approximate surface area is 195 Å². The van der Waals surface area contributed by atoms with E-state index in [0.29, 0.717) is 18.1 Å². The molecule has 0 unspecified atom stereocenters. The largest absolute Gasteiger partial charge is 0.366 e. The smallest absolute Gasteiger partial charge is 0.226 e. The summed E-state index contributed by atoms with van der Waals surface area (Å²) in [4.78, 5) is 13.5. The molecule has 0 saturated carbocycles. The normalized spacial score (nSPS) is 14.8. The highest BCUT2D eigenvalue weighted by Gasteiger charge is 2.21. The van der Waals surface area contributed by atoms with Crippen LogP contribution in [0.4, 0.5) is 10.1 Å². The van der Waals surface area contributed by atoms with Crippen LogP contribution in [0.25, 0.3) is 0 Å². The van der Waals surface area contributed by atoms with E-state index < -0.39 is 0 Å². The van der Waals surface area contributed by atoms with Crippen molar-refractivity contribution in [3.05, 3.63) is 41.8 Å². The van der Waals surface area contributed by atoms with Crippen LogP contribution in [0.2, 0.25) is 0 Å². The van der Waals surface area contributed by atoms with Crippen molar-refractivity contribution >= 4 is 35.6 Å². The predicted molar refractivity (Wildman–Crippen MR) is 128 cm³/mol. The van der Waals surface area contributed by atoms with Gasteiger partial charge in [0.05, 0.1) is 5.69 Å². The minimum Gasteiger partial charge on any atom is -0.366 e. The molecule has 1 saturated heterocycles. The van der Waals surface area contributed by atoms with Crippen LogP contribution in [0.3, 0.4) is 0 Å². The molecule has 166 valence electrons. The predicted octanol–water partition coefficient (Wildman–Crippen LogP) is 3.67. The number of aromatic nitrogens is 2. The fourth-order valence-corrected chi connectivity index (χ4v) is 3.31. The summed E-state index contributed by atoms with van der Waals surface area (Å²) in [5.41, 5.74) is 0.675. The van der Waals surface area contributed by atoms with E-state index in [-0.39, 0.29) is 35.7 Å². The van der Waals surface area contributed by atoms with E-state index in [1.54, 1.807) is 6.07 Å². The Kier molecular flexibility index (Phi) is 9.80. The molecular formula is C21H32FIN6O. The molecule has 9 heteroatoms. The molecule has 2 heterocycles. The summed E-state index contributed by atoms with van der Waals surface area (Å²) < 4.78 is 19.3.